The van der Waals surface area contributed by atoms with Gasteiger partial charge in [0.25, 0.3) is 0 Å². The van der Waals surface area contributed by atoms with E-state index in [1.54, 1.807) is 0 Å². The number of ether oxygens (including phenoxy) is 1. The Morgan fingerprint density at radius 3 is 2.86 bits per heavy atom. The molecule has 1 aliphatic rings. The van der Waals surface area contributed by atoms with Crippen LogP contribution in [-0.2, 0) is 24.7 Å². The summed E-state index contributed by atoms with van der Waals surface area (Å²) in [5.41, 5.74) is 4.47. The Morgan fingerprint density at radius 2 is 2.07 bits per heavy atom. The van der Waals surface area contributed by atoms with Crippen LogP contribution in [0.3, 0.4) is 0 Å². The van der Waals surface area contributed by atoms with Crippen LogP contribution >= 0.6 is 0 Å². The Hall–Kier alpha value is -2.82. The normalized spacial score (nSPS) is 14.1. The van der Waals surface area contributed by atoms with Crippen LogP contribution < -0.4 is 10.1 Å². The molecule has 0 aliphatic carbocycles. The number of hydrogen-bond acceptors (Lipinski definition) is 3. The van der Waals surface area contributed by atoms with Crippen molar-refractivity contribution in [3.05, 3.63) is 59.4 Å². The van der Waals surface area contributed by atoms with Gasteiger partial charge in [0.1, 0.15) is 11.6 Å². The average molecular weight is 377 g/mol. The Kier molecular flexibility index (Phi) is 5.07. The topological polar surface area (TPSA) is 56.1 Å². The summed E-state index contributed by atoms with van der Waals surface area (Å²) in [5.74, 6) is 2.19. The number of aromatic nitrogens is 2. The molecule has 1 amide bonds. The molecule has 0 unspecified atom stereocenters. The van der Waals surface area contributed by atoms with E-state index in [0.29, 0.717) is 6.42 Å². The van der Waals surface area contributed by atoms with Gasteiger partial charge in [0.05, 0.1) is 23.7 Å². The van der Waals surface area contributed by atoms with Crippen molar-refractivity contribution in [3.8, 4) is 5.75 Å². The van der Waals surface area contributed by atoms with Crippen molar-refractivity contribution in [2.45, 2.75) is 39.2 Å². The Bertz CT molecular complexity index is 1010. The minimum atomic E-state index is -0.113. The highest BCUT2D eigenvalue weighted by atomic mass is 16.5. The second kappa shape index (κ2) is 7.66. The van der Waals surface area contributed by atoms with Crippen molar-refractivity contribution < 1.29 is 9.53 Å². The molecule has 2 heterocycles. The first kappa shape index (κ1) is 18.5. The molecule has 5 nitrogen and oxygen atoms in total. The number of para-hydroxylation sites is 2. The predicted octanol–water partition coefficient (Wildman–Crippen LogP) is 3.95. The van der Waals surface area contributed by atoms with E-state index in [4.69, 9.17) is 9.72 Å². The summed E-state index contributed by atoms with van der Waals surface area (Å²) < 4.78 is 7.64. The maximum Gasteiger partial charge on any atom is 0.220 e. The molecule has 0 saturated heterocycles. The first-order chi connectivity index (χ1) is 13.5. The van der Waals surface area contributed by atoms with Gasteiger partial charge < -0.3 is 14.6 Å². The summed E-state index contributed by atoms with van der Waals surface area (Å²) in [6.07, 6.45) is 2.15. The Morgan fingerprint density at radius 1 is 1.25 bits per heavy atom. The highest BCUT2D eigenvalue weighted by Gasteiger charge is 2.23. The van der Waals surface area contributed by atoms with Crippen LogP contribution in [0.4, 0.5) is 0 Å². The van der Waals surface area contributed by atoms with Crippen LogP contribution in [-0.4, -0.2) is 22.1 Å². The number of nitrogens with zero attached hydrogens (tertiary/aromatic N) is 2. The minimum absolute atomic E-state index is 0.0579. The molecule has 146 valence electrons. The number of carbonyl (C=O) groups is 1. The molecule has 1 atom stereocenters. The maximum absolute atomic E-state index is 12.7. The van der Waals surface area contributed by atoms with Crippen molar-refractivity contribution >= 4 is 16.9 Å². The lowest BCUT2D eigenvalue weighted by Crippen LogP contribution is -2.33. The monoisotopic (exact) mass is 377 g/mol. The van der Waals surface area contributed by atoms with Gasteiger partial charge in [0.2, 0.25) is 5.91 Å². The van der Waals surface area contributed by atoms with Gasteiger partial charge in [-0.2, -0.15) is 0 Å². The first-order valence-electron chi connectivity index (χ1n) is 9.98. The standard InChI is InChI=1S/C23H27N3O2/c1-15(2)22(23-24-18-6-4-5-7-19(18)26(23)3)25-21(27)11-9-16-8-10-20-17(14-16)12-13-28-20/h4-8,10,14-15,22H,9,11-13H2,1-3H3,(H,25,27)/t22-/m1/s1. The lowest BCUT2D eigenvalue weighted by atomic mass is 10.0. The first-order valence-corrected chi connectivity index (χ1v) is 9.98. The van der Waals surface area contributed by atoms with Gasteiger partial charge >= 0.3 is 0 Å². The fourth-order valence-electron chi connectivity index (χ4n) is 3.87. The summed E-state index contributed by atoms with van der Waals surface area (Å²) in [4.78, 5) is 17.5. The molecule has 1 N–H and O–H groups in total. The third-order valence-electron chi connectivity index (χ3n) is 5.48. The molecule has 4 rings (SSSR count). The number of carbonyl (C=O) groups excluding carboxylic acids is 1. The third kappa shape index (κ3) is 3.61. The van der Waals surface area contributed by atoms with Gasteiger partial charge in [-0.05, 0) is 41.7 Å². The number of nitrogens with one attached hydrogen (secondary N) is 1. The molecule has 0 fully saturated rings. The number of fused-ring (bicyclic) bond motifs is 2. The van der Waals surface area contributed by atoms with Gasteiger partial charge in [0, 0.05) is 19.9 Å². The zero-order valence-corrected chi connectivity index (χ0v) is 16.7. The third-order valence-corrected chi connectivity index (χ3v) is 5.48. The van der Waals surface area contributed by atoms with Crippen molar-refractivity contribution in [2.24, 2.45) is 13.0 Å². The van der Waals surface area contributed by atoms with Gasteiger partial charge in [0.15, 0.2) is 0 Å². The number of rotatable bonds is 6. The van der Waals surface area contributed by atoms with Crippen LogP contribution in [0.1, 0.15) is 43.3 Å². The van der Waals surface area contributed by atoms with E-state index in [1.165, 1.54) is 11.1 Å². The van der Waals surface area contributed by atoms with E-state index in [1.807, 2.05) is 31.3 Å². The molecule has 3 aromatic rings. The molecule has 0 radical (unpaired) electrons. The largest absolute Gasteiger partial charge is 0.493 e. The van der Waals surface area contributed by atoms with E-state index in [-0.39, 0.29) is 17.9 Å². The molecule has 0 saturated carbocycles. The average Bonchev–Trinajstić information content (AvgIpc) is 3.28. The minimum Gasteiger partial charge on any atom is -0.493 e. The molecule has 1 aromatic heterocycles. The number of imidazole rings is 1. The SMILES string of the molecule is CC(C)[C@@H](NC(=O)CCc1ccc2c(c1)CCO2)c1nc2ccccc2n1C. The molecule has 2 aromatic carbocycles. The van der Waals surface area contributed by atoms with Gasteiger partial charge in [-0.25, -0.2) is 4.98 Å². The molecular weight excluding hydrogens is 350 g/mol. The molecule has 5 heteroatoms. The fraction of sp³-hybridized carbons (Fsp3) is 0.391. The van der Waals surface area contributed by atoms with Crippen molar-refractivity contribution in [3.63, 3.8) is 0 Å². The maximum atomic E-state index is 12.7. The van der Waals surface area contributed by atoms with E-state index in [2.05, 4.69) is 41.9 Å². The molecule has 0 bridgehead atoms. The highest BCUT2D eigenvalue weighted by molar-refractivity contribution is 5.78. The summed E-state index contributed by atoms with van der Waals surface area (Å²) in [7, 11) is 2.01. The summed E-state index contributed by atoms with van der Waals surface area (Å²) >= 11 is 0. The Labute approximate surface area is 165 Å². The Balaban J connectivity index is 1.45. The summed E-state index contributed by atoms with van der Waals surface area (Å²) in [6, 6.07) is 14.2. The van der Waals surface area contributed by atoms with E-state index >= 15 is 0 Å². The van der Waals surface area contributed by atoms with Crippen molar-refractivity contribution in [1.29, 1.82) is 0 Å². The van der Waals surface area contributed by atoms with Crippen LogP contribution in [0.15, 0.2) is 42.5 Å². The number of aryl methyl sites for hydroxylation is 2. The van der Waals surface area contributed by atoms with Gasteiger partial charge in [-0.3, -0.25) is 4.79 Å². The molecule has 28 heavy (non-hydrogen) atoms. The van der Waals surface area contributed by atoms with Crippen molar-refractivity contribution in [2.75, 3.05) is 6.61 Å². The summed E-state index contributed by atoms with van der Waals surface area (Å²) in [5, 5.41) is 3.21. The quantitative estimate of drug-likeness (QED) is 0.708. The highest BCUT2D eigenvalue weighted by Crippen LogP contribution is 2.27. The van der Waals surface area contributed by atoms with E-state index in [0.717, 1.165) is 42.1 Å². The molecular formula is C23H27N3O2. The van der Waals surface area contributed by atoms with Crippen molar-refractivity contribution in [1.82, 2.24) is 14.9 Å². The number of hydrogen-bond donors (Lipinski definition) is 1. The van der Waals surface area contributed by atoms with Crippen LogP contribution in [0.2, 0.25) is 0 Å². The van der Waals surface area contributed by atoms with Crippen LogP contribution in [0.5, 0.6) is 5.75 Å². The lowest BCUT2D eigenvalue weighted by Gasteiger charge is -2.22. The number of amides is 1. The van der Waals surface area contributed by atoms with E-state index < -0.39 is 0 Å². The number of benzene rings is 2. The van der Waals surface area contributed by atoms with Gasteiger partial charge in [-0.1, -0.05) is 38.1 Å². The fourth-order valence-corrected chi connectivity index (χ4v) is 3.87. The van der Waals surface area contributed by atoms with Gasteiger partial charge in [-0.15, -0.1) is 0 Å². The zero-order valence-electron chi connectivity index (χ0n) is 16.7. The van der Waals surface area contributed by atoms with Crippen LogP contribution in [0.25, 0.3) is 11.0 Å². The molecule has 1 aliphatic heterocycles. The zero-order chi connectivity index (χ0) is 19.7. The van der Waals surface area contributed by atoms with Crippen LogP contribution in [0, 0.1) is 5.92 Å². The lowest BCUT2D eigenvalue weighted by molar-refractivity contribution is -0.122. The molecule has 0 spiro atoms. The smallest absolute Gasteiger partial charge is 0.220 e. The second-order valence-corrected chi connectivity index (χ2v) is 7.85. The van der Waals surface area contributed by atoms with E-state index in [9.17, 15) is 4.79 Å². The summed E-state index contributed by atoms with van der Waals surface area (Å²) in [6.45, 7) is 4.99. The predicted molar refractivity (Wildman–Crippen MR) is 110 cm³/mol. The second-order valence-electron chi connectivity index (χ2n) is 7.85.